The van der Waals surface area contributed by atoms with Crippen molar-refractivity contribution in [2.45, 2.75) is 6.92 Å². The average Bonchev–Trinajstić information content (AvgIpc) is 2.85. The highest BCUT2D eigenvalue weighted by Gasteiger charge is 2.21. The minimum absolute atomic E-state index is 1.25. The van der Waals surface area contributed by atoms with Crippen LogP contribution >= 0.6 is 0 Å². The van der Waals surface area contributed by atoms with Crippen molar-refractivity contribution >= 4 is 11.6 Å². The molecule has 0 heterocycles. The molecule has 4 rings (SSSR count). The first kappa shape index (κ1) is 12.2. The van der Waals surface area contributed by atoms with Gasteiger partial charge < -0.3 is 0 Å². The van der Waals surface area contributed by atoms with E-state index in [1.165, 1.54) is 39.0 Å². The van der Waals surface area contributed by atoms with Crippen LogP contribution in [0, 0.1) is 6.92 Å². The highest BCUT2D eigenvalue weighted by atomic mass is 14.2. The van der Waals surface area contributed by atoms with Crippen molar-refractivity contribution in [3.8, 4) is 11.1 Å². The van der Waals surface area contributed by atoms with Crippen molar-refractivity contribution in [1.29, 1.82) is 0 Å². The van der Waals surface area contributed by atoms with Crippen LogP contribution in [0.3, 0.4) is 0 Å². The fourth-order valence-corrected chi connectivity index (χ4v) is 3.04. The maximum Gasteiger partial charge on any atom is -0.00930 e. The average molecular weight is 268 g/mol. The molecule has 0 aliphatic heterocycles. The topological polar surface area (TPSA) is 0 Å². The molecular formula is C21H16. The van der Waals surface area contributed by atoms with Gasteiger partial charge in [-0.05, 0) is 46.4 Å². The van der Waals surface area contributed by atoms with Crippen molar-refractivity contribution in [2.24, 2.45) is 0 Å². The van der Waals surface area contributed by atoms with E-state index < -0.39 is 0 Å². The molecule has 0 amide bonds. The summed E-state index contributed by atoms with van der Waals surface area (Å²) in [4.78, 5) is 0. The van der Waals surface area contributed by atoms with Gasteiger partial charge >= 0.3 is 0 Å². The normalized spacial score (nSPS) is 12.0. The van der Waals surface area contributed by atoms with Crippen LogP contribution in [0.15, 0.2) is 72.8 Å². The summed E-state index contributed by atoms with van der Waals surface area (Å²) in [5, 5.41) is 0. The zero-order valence-corrected chi connectivity index (χ0v) is 12.0. The van der Waals surface area contributed by atoms with E-state index in [0.717, 1.165) is 0 Å². The highest BCUT2D eigenvalue weighted by Crippen LogP contribution is 2.44. The molecule has 0 nitrogen and oxygen atoms in total. The molecule has 21 heavy (non-hydrogen) atoms. The Hall–Kier alpha value is -2.60. The Morgan fingerprint density at radius 3 is 1.57 bits per heavy atom. The molecule has 3 aromatic carbocycles. The summed E-state index contributed by atoms with van der Waals surface area (Å²) >= 11 is 0. The van der Waals surface area contributed by atoms with Gasteiger partial charge in [0.2, 0.25) is 0 Å². The number of hydrogen-bond donors (Lipinski definition) is 0. The molecule has 0 fully saturated rings. The van der Waals surface area contributed by atoms with E-state index in [4.69, 9.17) is 0 Å². The third-order valence-corrected chi connectivity index (χ3v) is 4.11. The summed E-state index contributed by atoms with van der Waals surface area (Å²) in [6.07, 6.45) is 2.30. The van der Waals surface area contributed by atoms with Gasteiger partial charge in [-0.3, -0.25) is 0 Å². The molecular weight excluding hydrogens is 252 g/mol. The molecule has 0 N–H and O–H groups in total. The molecule has 0 spiro atoms. The lowest BCUT2D eigenvalue weighted by molar-refractivity contribution is 1.46. The third kappa shape index (κ3) is 2.00. The fourth-order valence-electron chi connectivity index (χ4n) is 3.04. The van der Waals surface area contributed by atoms with Gasteiger partial charge in [0.1, 0.15) is 0 Å². The molecule has 1 aliphatic carbocycles. The van der Waals surface area contributed by atoms with E-state index in [-0.39, 0.29) is 0 Å². The molecule has 0 aromatic heterocycles. The Morgan fingerprint density at radius 2 is 1.05 bits per heavy atom. The van der Waals surface area contributed by atoms with Crippen molar-refractivity contribution in [3.05, 3.63) is 95.1 Å². The van der Waals surface area contributed by atoms with Gasteiger partial charge in [-0.1, -0.05) is 78.4 Å². The van der Waals surface area contributed by atoms with Crippen LogP contribution < -0.4 is 0 Å². The Labute approximate surface area is 125 Å². The van der Waals surface area contributed by atoms with Gasteiger partial charge in [-0.15, -0.1) is 0 Å². The van der Waals surface area contributed by atoms with Gasteiger partial charge in [-0.25, -0.2) is 0 Å². The molecule has 3 aromatic rings. The second-order valence-electron chi connectivity index (χ2n) is 5.56. The van der Waals surface area contributed by atoms with Crippen LogP contribution in [-0.4, -0.2) is 0 Å². The monoisotopic (exact) mass is 268 g/mol. The summed E-state index contributed by atoms with van der Waals surface area (Å²) in [6.45, 7) is 2.12. The number of rotatable bonds is 1. The first-order chi connectivity index (χ1) is 10.3. The van der Waals surface area contributed by atoms with Crippen molar-refractivity contribution in [2.75, 3.05) is 0 Å². The van der Waals surface area contributed by atoms with Crippen molar-refractivity contribution in [3.63, 3.8) is 0 Å². The maximum atomic E-state index is 2.30. The van der Waals surface area contributed by atoms with E-state index in [1.807, 2.05) is 0 Å². The molecule has 0 unspecified atom stereocenters. The highest BCUT2D eigenvalue weighted by molar-refractivity contribution is 6.06. The van der Waals surface area contributed by atoms with E-state index >= 15 is 0 Å². The van der Waals surface area contributed by atoms with Crippen molar-refractivity contribution in [1.82, 2.24) is 0 Å². The van der Waals surface area contributed by atoms with Gasteiger partial charge in [0, 0.05) is 0 Å². The zero-order valence-electron chi connectivity index (χ0n) is 12.0. The summed E-state index contributed by atoms with van der Waals surface area (Å²) in [5.41, 5.74) is 9.22. The third-order valence-electron chi connectivity index (χ3n) is 4.11. The van der Waals surface area contributed by atoms with E-state index in [2.05, 4.69) is 85.8 Å². The summed E-state index contributed by atoms with van der Waals surface area (Å²) in [5.74, 6) is 0. The largest absolute Gasteiger partial charge is 0.0616 e. The Bertz CT molecular complexity index is 788. The Kier molecular flexibility index (Phi) is 2.75. The summed E-state index contributed by atoms with van der Waals surface area (Å²) in [6, 6.07) is 26.0. The first-order valence-corrected chi connectivity index (χ1v) is 7.30. The van der Waals surface area contributed by atoms with Gasteiger partial charge in [0.25, 0.3) is 0 Å². The molecule has 0 saturated carbocycles. The van der Waals surface area contributed by atoms with Gasteiger partial charge in [0.05, 0.1) is 0 Å². The lowest BCUT2D eigenvalue weighted by Gasteiger charge is -2.03. The Morgan fingerprint density at radius 1 is 0.571 bits per heavy atom. The van der Waals surface area contributed by atoms with Crippen LogP contribution in [-0.2, 0) is 0 Å². The van der Waals surface area contributed by atoms with Crippen LogP contribution in [0.4, 0.5) is 0 Å². The quantitative estimate of drug-likeness (QED) is 0.423. The standard InChI is InChI=1S/C21H16/c1-15-10-12-16(13-11-15)14-21-19-8-4-2-6-17(19)18-7-3-5-9-20(18)21/h2-14H,1H3. The van der Waals surface area contributed by atoms with Crippen LogP contribution in [0.5, 0.6) is 0 Å². The van der Waals surface area contributed by atoms with Crippen LogP contribution in [0.25, 0.3) is 22.8 Å². The number of fused-ring (bicyclic) bond motifs is 3. The lowest BCUT2D eigenvalue weighted by atomic mass is 10.0. The smallest absolute Gasteiger partial charge is 0.00930 e. The molecule has 1 aliphatic rings. The van der Waals surface area contributed by atoms with E-state index in [1.54, 1.807) is 0 Å². The Balaban J connectivity index is 1.94. The lowest BCUT2D eigenvalue weighted by Crippen LogP contribution is -1.82. The predicted octanol–water partition coefficient (Wildman–Crippen LogP) is 5.56. The SMILES string of the molecule is Cc1ccc(C=C2c3ccccc3-c3ccccc32)cc1. The maximum absolute atomic E-state index is 2.30. The molecule has 0 bridgehead atoms. The minimum Gasteiger partial charge on any atom is -0.0616 e. The van der Waals surface area contributed by atoms with Crippen molar-refractivity contribution < 1.29 is 0 Å². The fraction of sp³-hybridized carbons (Fsp3) is 0.0476. The molecule has 0 saturated heterocycles. The minimum atomic E-state index is 1.25. The predicted molar refractivity (Wildman–Crippen MR) is 90.0 cm³/mol. The molecule has 0 radical (unpaired) electrons. The van der Waals surface area contributed by atoms with Crippen LogP contribution in [0.2, 0.25) is 0 Å². The summed E-state index contributed by atoms with van der Waals surface area (Å²) in [7, 11) is 0. The van der Waals surface area contributed by atoms with E-state index in [9.17, 15) is 0 Å². The number of benzene rings is 3. The first-order valence-electron chi connectivity index (χ1n) is 7.30. The zero-order chi connectivity index (χ0) is 14.2. The van der Waals surface area contributed by atoms with Gasteiger partial charge in [0.15, 0.2) is 0 Å². The molecule has 0 heteroatoms. The van der Waals surface area contributed by atoms with Gasteiger partial charge in [-0.2, -0.15) is 0 Å². The van der Waals surface area contributed by atoms with E-state index in [0.29, 0.717) is 0 Å². The second-order valence-corrected chi connectivity index (χ2v) is 5.56. The summed E-state index contributed by atoms with van der Waals surface area (Å²) < 4.78 is 0. The second kappa shape index (κ2) is 4.75. The van der Waals surface area contributed by atoms with Crippen LogP contribution in [0.1, 0.15) is 22.3 Å². The molecule has 0 atom stereocenters. The molecule has 100 valence electrons. The number of aryl methyl sites for hydroxylation is 1. The number of hydrogen-bond acceptors (Lipinski definition) is 0.